The minimum Gasteiger partial charge on any atom is -0.310 e. The molecule has 0 aliphatic carbocycles. The van der Waals surface area contributed by atoms with Crippen LogP contribution >= 0.6 is 39.1 Å². The molecule has 6 heteroatoms. The maximum Gasteiger partial charge on any atom is 0.164 e. The summed E-state index contributed by atoms with van der Waals surface area (Å²) in [6.07, 6.45) is 1.02. The van der Waals surface area contributed by atoms with Gasteiger partial charge in [-0.05, 0) is 24.6 Å². The van der Waals surface area contributed by atoms with Crippen LogP contribution in [0.2, 0.25) is 10.0 Å². The molecule has 0 fully saturated rings. The zero-order valence-electron chi connectivity index (χ0n) is 9.83. The third kappa shape index (κ3) is 2.71. The van der Waals surface area contributed by atoms with Crippen LogP contribution in [-0.2, 0) is 11.9 Å². The molecule has 0 atom stereocenters. The van der Waals surface area contributed by atoms with Crippen molar-refractivity contribution in [2.75, 3.05) is 0 Å². The monoisotopic (exact) mass is 347 g/mol. The molecule has 1 aromatic carbocycles. The first-order valence-corrected chi connectivity index (χ1v) is 7.48. The molecular weight excluding hydrogens is 337 g/mol. The van der Waals surface area contributed by atoms with Crippen LogP contribution in [0.25, 0.3) is 11.4 Å². The lowest BCUT2D eigenvalue weighted by Crippen LogP contribution is -2.03. The van der Waals surface area contributed by atoms with E-state index in [1.807, 2.05) is 12.1 Å². The van der Waals surface area contributed by atoms with Gasteiger partial charge < -0.3 is 4.57 Å². The summed E-state index contributed by atoms with van der Waals surface area (Å²) in [5.74, 6) is 1.74. The maximum atomic E-state index is 6.04. The van der Waals surface area contributed by atoms with E-state index in [0.29, 0.717) is 15.4 Å². The topological polar surface area (TPSA) is 30.7 Å². The van der Waals surface area contributed by atoms with Crippen LogP contribution in [0.1, 0.15) is 19.2 Å². The first-order chi connectivity index (χ1) is 8.67. The normalized spacial score (nSPS) is 10.9. The number of benzene rings is 1. The van der Waals surface area contributed by atoms with E-state index in [9.17, 15) is 0 Å². The van der Waals surface area contributed by atoms with Crippen molar-refractivity contribution in [3.63, 3.8) is 0 Å². The molecule has 1 aromatic heterocycles. The third-order valence-corrected chi connectivity index (χ3v) is 3.81. The highest BCUT2D eigenvalue weighted by Crippen LogP contribution is 2.28. The Morgan fingerprint density at radius 1 is 1.22 bits per heavy atom. The lowest BCUT2D eigenvalue weighted by atomic mass is 10.2. The van der Waals surface area contributed by atoms with Gasteiger partial charge in [0.2, 0.25) is 0 Å². The molecule has 0 aliphatic heterocycles. The molecule has 18 heavy (non-hydrogen) atoms. The van der Waals surface area contributed by atoms with Crippen LogP contribution in [0.5, 0.6) is 0 Å². The van der Waals surface area contributed by atoms with E-state index >= 15 is 0 Å². The molecule has 0 saturated heterocycles. The zero-order chi connectivity index (χ0) is 13.1. The van der Waals surface area contributed by atoms with Gasteiger partial charge in [0.25, 0.3) is 0 Å². The number of nitrogens with zero attached hydrogens (tertiary/aromatic N) is 3. The van der Waals surface area contributed by atoms with E-state index in [4.69, 9.17) is 23.2 Å². The molecule has 0 N–H and O–H groups in total. The summed E-state index contributed by atoms with van der Waals surface area (Å²) in [7, 11) is 0. The average molecular weight is 349 g/mol. The second-order valence-electron chi connectivity index (χ2n) is 3.85. The van der Waals surface area contributed by atoms with Crippen LogP contribution in [0.15, 0.2) is 18.2 Å². The lowest BCUT2D eigenvalue weighted by Gasteiger charge is -2.08. The highest BCUT2D eigenvalue weighted by molar-refractivity contribution is 9.08. The summed E-state index contributed by atoms with van der Waals surface area (Å²) < 4.78 is 2.09. The number of halogens is 3. The van der Waals surface area contributed by atoms with Gasteiger partial charge in [-0.1, -0.05) is 46.1 Å². The molecule has 0 unspecified atom stereocenters. The molecular formula is C12H12BrCl2N3. The fourth-order valence-corrected chi connectivity index (χ4v) is 2.45. The Labute approximate surface area is 124 Å². The highest BCUT2D eigenvalue weighted by atomic mass is 79.9. The van der Waals surface area contributed by atoms with Gasteiger partial charge in [-0.25, -0.2) is 0 Å². The molecule has 0 spiro atoms. The lowest BCUT2D eigenvalue weighted by molar-refractivity contribution is 0.661. The van der Waals surface area contributed by atoms with Gasteiger partial charge in [0.15, 0.2) is 5.82 Å². The maximum absolute atomic E-state index is 6.04. The van der Waals surface area contributed by atoms with E-state index in [2.05, 4.69) is 37.6 Å². The van der Waals surface area contributed by atoms with Gasteiger partial charge in [-0.3, -0.25) is 0 Å². The van der Waals surface area contributed by atoms with E-state index in [1.165, 1.54) is 0 Å². The van der Waals surface area contributed by atoms with Gasteiger partial charge in [-0.15, -0.1) is 10.2 Å². The SMILES string of the molecule is CCCn1c(CBr)nnc1-c1ccc(Cl)c(Cl)c1. The van der Waals surface area contributed by atoms with E-state index < -0.39 is 0 Å². The van der Waals surface area contributed by atoms with Crippen molar-refractivity contribution in [2.45, 2.75) is 25.2 Å². The summed E-state index contributed by atoms with van der Waals surface area (Å²) in [6.45, 7) is 3.00. The van der Waals surface area contributed by atoms with Gasteiger partial charge in [0.05, 0.1) is 15.4 Å². The molecule has 1 heterocycles. The number of aromatic nitrogens is 3. The standard InChI is InChI=1S/C12H12BrCl2N3/c1-2-5-18-11(7-13)16-17-12(18)8-3-4-9(14)10(15)6-8/h3-4,6H,2,5,7H2,1H3. The molecule has 0 saturated carbocycles. The second kappa shape index (κ2) is 6.04. The van der Waals surface area contributed by atoms with Crippen LogP contribution in [0.4, 0.5) is 0 Å². The summed E-state index contributed by atoms with van der Waals surface area (Å²) in [4.78, 5) is 0. The van der Waals surface area contributed by atoms with Crippen molar-refractivity contribution in [3.8, 4) is 11.4 Å². The molecule has 0 bridgehead atoms. The smallest absolute Gasteiger partial charge is 0.164 e. The van der Waals surface area contributed by atoms with Crippen LogP contribution < -0.4 is 0 Å². The number of rotatable bonds is 4. The fourth-order valence-electron chi connectivity index (χ4n) is 1.74. The Hall–Kier alpha value is -0.580. The molecule has 0 amide bonds. The predicted molar refractivity (Wildman–Crippen MR) is 78.4 cm³/mol. The van der Waals surface area contributed by atoms with Gasteiger partial charge in [-0.2, -0.15) is 0 Å². The van der Waals surface area contributed by atoms with Gasteiger partial charge in [0, 0.05) is 12.1 Å². The van der Waals surface area contributed by atoms with Crippen molar-refractivity contribution >= 4 is 39.1 Å². The number of alkyl halides is 1. The molecule has 0 radical (unpaired) electrons. The predicted octanol–water partition coefficient (Wildman–Crippen LogP) is 4.56. The molecule has 3 nitrogen and oxygen atoms in total. The van der Waals surface area contributed by atoms with E-state index in [1.54, 1.807) is 6.07 Å². The van der Waals surface area contributed by atoms with Crippen molar-refractivity contribution in [1.29, 1.82) is 0 Å². The summed E-state index contributed by atoms with van der Waals surface area (Å²) >= 11 is 15.4. The van der Waals surface area contributed by atoms with Crippen LogP contribution in [0, 0.1) is 0 Å². The molecule has 2 rings (SSSR count). The number of hydrogen-bond donors (Lipinski definition) is 0. The molecule has 2 aromatic rings. The minimum atomic E-state index is 0.528. The fraction of sp³-hybridized carbons (Fsp3) is 0.333. The molecule has 96 valence electrons. The first kappa shape index (κ1) is 13.8. The van der Waals surface area contributed by atoms with Crippen LogP contribution in [-0.4, -0.2) is 14.8 Å². The summed E-state index contributed by atoms with van der Waals surface area (Å²) in [5, 5.41) is 10.2. The Kier molecular flexibility index (Phi) is 4.65. The first-order valence-electron chi connectivity index (χ1n) is 5.60. The average Bonchev–Trinajstić information content (AvgIpc) is 2.76. The largest absolute Gasteiger partial charge is 0.310 e. The Bertz CT molecular complexity index is 554. The Morgan fingerprint density at radius 2 is 2.00 bits per heavy atom. The van der Waals surface area contributed by atoms with Gasteiger partial charge in [0.1, 0.15) is 5.82 Å². The summed E-state index contributed by atoms with van der Waals surface area (Å²) in [5.41, 5.74) is 0.928. The Balaban J connectivity index is 2.49. The number of hydrogen-bond acceptors (Lipinski definition) is 2. The molecule has 0 aliphatic rings. The van der Waals surface area contributed by atoms with Crippen molar-refractivity contribution in [2.24, 2.45) is 0 Å². The van der Waals surface area contributed by atoms with Crippen molar-refractivity contribution < 1.29 is 0 Å². The highest BCUT2D eigenvalue weighted by Gasteiger charge is 2.13. The van der Waals surface area contributed by atoms with Crippen molar-refractivity contribution in [3.05, 3.63) is 34.1 Å². The van der Waals surface area contributed by atoms with Gasteiger partial charge >= 0.3 is 0 Å². The Morgan fingerprint density at radius 3 is 2.61 bits per heavy atom. The minimum absolute atomic E-state index is 0.528. The quantitative estimate of drug-likeness (QED) is 0.758. The third-order valence-electron chi connectivity index (χ3n) is 2.57. The van der Waals surface area contributed by atoms with E-state index in [-0.39, 0.29) is 0 Å². The summed E-state index contributed by atoms with van der Waals surface area (Å²) in [6, 6.07) is 5.50. The van der Waals surface area contributed by atoms with Crippen LogP contribution in [0.3, 0.4) is 0 Å². The van der Waals surface area contributed by atoms with Crippen molar-refractivity contribution in [1.82, 2.24) is 14.8 Å². The second-order valence-corrected chi connectivity index (χ2v) is 5.23. The zero-order valence-corrected chi connectivity index (χ0v) is 12.9. The van der Waals surface area contributed by atoms with E-state index in [0.717, 1.165) is 30.2 Å².